The van der Waals surface area contributed by atoms with E-state index in [9.17, 15) is 33.3 Å². The van der Waals surface area contributed by atoms with E-state index in [1.165, 1.54) is 31.4 Å². The maximum absolute atomic E-state index is 13.0. The lowest BCUT2D eigenvalue weighted by Crippen LogP contribution is -2.13. The summed E-state index contributed by atoms with van der Waals surface area (Å²) in [5.41, 5.74) is -1.51. The van der Waals surface area contributed by atoms with E-state index >= 15 is 0 Å². The third-order valence-corrected chi connectivity index (χ3v) is 4.99. The number of anilines is 1. The van der Waals surface area contributed by atoms with Gasteiger partial charge < -0.3 is 19.5 Å². The SMILES string of the molecule is CCOc1ccc(NC(=O)/C(C#N)=C/c2ccc(Oc3ccc(C(F)(F)F)cc3[N+](=O)[O-])c(OC)c2)cc1. The number of rotatable bonds is 9. The first-order chi connectivity index (χ1) is 18.0. The Morgan fingerprint density at radius 3 is 2.34 bits per heavy atom. The fraction of sp³-hybridized carbons (Fsp3) is 0.154. The van der Waals surface area contributed by atoms with Crippen LogP contribution in [0.2, 0.25) is 0 Å². The Balaban J connectivity index is 1.84. The van der Waals surface area contributed by atoms with E-state index in [4.69, 9.17) is 14.2 Å². The summed E-state index contributed by atoms with van der Waals surface area (Å²) in [6, 6.07) is 14.4. The molecule has 0 aromatic heterocycles. The molecule has 3 aromatic rings. The van der Waals surface area contributed by atoms with Gasteiger partial charge in [-0.3, -0.25) is 14.9 Å². The van der Waals surface area contributed by atoms with Gasteiger partial charge in [-0.05, 0) is 67.1 Å². The highest BCUT2D eigenvalue weighted by Gasteiger charge is 2.33. The first-order valence-corrected chi connectivity index (χ1v) is 10.9. The molecule has 0 saturated heterocycles. The molecule has 0 saturated carbocycles. The van der Waals surface area contributed by atoms with Gasteiger partial charge in [0.05, 0.1) is 24.2 Å². The molecule has 0 radical (unpaired) electrons. The first-order valence-electron chi connectivity index (χ1n) is 10.9. The molecule has 1 N–H and O–H groups in total. The van der Waals surface area contributed by atoms with Crippen LogP contribution in [0.4, 0.5) is 24.5 Å². The molecule has 0 heterocycles. The van der Waals surface area contributed by atoms with Crippen molar-refractivity contribution in [3.63, 3.8) is 0 Å². The standard InChI is InChI=1S/C26H20F3N3O6/c1-3-37-20-8-6-19(7-9-20)31-25(33)17(15-30)12-16-4-10-23(24(13-16)36-2)38-22-11-5-18(26(27,28)29)14-21(22)32(34)35/h4-14H,3H2,1-2H3,(H,31,33)/b17-12+. The molecule has 0 bridgehead atoms. The minimum absolute atomic E-state index is 0.0372. The summed E-state index contributed by atoms with van der Waals surface area (Å²) in [5, 5.41) is 23.4. The van der Waals surface area contributed by atoms with Crippen molar-refractivity contribution in [1.82, 2.24) is 0 Å². The van der Waals surface area contributed by atoms with Crippen molar-refractivity contribution in [2.24, 2.45) is 0 Å². The monoisotopic (exact) mass is 527 g/mol. The number of ether oxygens (including phenoxy) is 3. The molecule has 0 aliphatic carbocycles. The number of hydrogen-bond donors (Lipinski definition) is 1. The van der Waals surface area contributed by atoms with E-state index in [0.29, 0.717) is 35.7 Å². The largest absolute Gasteiger partial charge is 0.494 e. The highest BCUT2D eigenvalue weighted by atomic mass is 19.4. The molecule has 38 heavy (non-hydrogen) atoms. The van der Waals surface area contributed by atoms with Crippen LogP contribution in [0, 0.1) is 21.4 Å². The molecular formula is C26H20F3N3O6. The number of halogens is 3. The smallest absolute Gasteiger partial charge is 0.416 e. The van der Waals surface area contributed by atoms with Crippen LogP contribution in [0.25, 0.3) is 6.08 Å². The van der Waals surface area contributed by atoms with Crippen LogP contribution in [0.15, 0.2) is 66.2 Å². The summed E-state index contributed by atoms with van der Waals surface area (Å²) in [6.07, 6.45) is -3.48. The second-order valence-electron chi connectivity index (χ2n) is 7.53. The lowest BCUT2D eigenvalue weighted by Gasteiger charge is -2.13. The fourth-order valence-corrected chi connectivity index (χ4v) is 3.21. The Kier molecular flexibility index (Phi) is 8.54. The Labute approximate surface area is 214 Å². The summed E-state index contributed by atoms with van der Waals surface area (Å²) < 4.78 is 55.0. The summed E-state index contributed by atoms with van der Waals surface area (Å²) >= 11 is 0. The zero-order valence-corrected chi connectivity index (χ0v) is 20.0. The number of benzene rings is 3. The molecule has 12 heteroatoms. The van der Waals surface area contributed by atoms with Gasteiger partial charge in [-0.25, -0.2) is 0 Å². The molecule has 0 atom stereocenters. The normalized spacial score (nSPS) is 11.3. The van der Waals surface area contributed by atoms with Gasteiger partial charge >= 0.3 is 11.9 Å². The van der Waals surface area contributed by atoms with Crippen LogP contribution < -0.4 is 19.5 Å². The van der Waals surface area contributed by atoms with E-state index in [1.54, 1.807) is 24.3 Å². The molecule has 0 aliphatic rings. The number of carbonyl (C=O) groups excluding carboxylic acids is 1. The first kappa shape index (κ1) is 27.5. The maximum Gasteiger partial charge on any atom is 0.416 e. The van der Waals surface area contributed by atoms with E-state index in [1.807, 2.05) is 13.0 Å². The number of nitro benzene ring substituents is 1. The van der Waals surface area contributed by atoms with Gasteiger partial charge in [0.15, 0.2) is 11.5 Å². The molecule has 3 aromatic carbocycles. The number of nitrogens with one attached hydrogen (secondary N) is 1. The van der Waals surface area contributed by atoms with Crippen LogP contribution >= 0.6 is 0 Å². The number of alkyl halides is 3. The molecule has 3 rings (SSSR count). The molecule has 0 fully saturated rings. The Bertz CT molecular complexity index is 1410. The predicted molar refractivity (Wildman–Crippen MR) is 131 cm³/mol. The average molecular weight is 527 g/mol. The molecule has 1 amide bonds. The topological polar surface area (TPSA) is 124 Å². The second-order valence-corrected chi connectivity index (χ2v) is 7.53. The predicted octanol–water partition coefficient (Wildman–Crippen LogP) is 6.36. The van der Waals surface area contributed by atoms with Gasteiger partial charge in [0.25, 0.3) is 5.91 Å². The van der Waals surface area contributed by atoms with E-state index < -0.39 is 34.0 Å². The minimum atomic E-state index is -4.77. The lowest BCUT2D eigenvalue weighted by molar-refractivity contribution is -0.385. The quantitative estimate of drug-likeness (QED) is 0.149. The molecule has 0 spiro atoms. The zero-order chi connectivity index (χ0) is 27.9. The maximum atomic E-state index is 13.0. The highest BCUT2D eigenvalue weighted by molar-refractivity contribution is 6.09. The Morgan fingerprint density at radius 2 is 1.76 bits per heavy atom. The summed E-state index contributed by atoms with van der Waals surface area (Å²) in [5.74, 6) is -0.465. The number of nitriles is 1. The third-order valence-electron chi connectivity index (χ3n) is 4.99. The van der Waals surface area contributed by atoms with E-state index in [2.05, 4.69) is 5.32 Å². The number of nitro groups is 1. The van der Waals surface area contributed by atoms with Crippen LogP contribution in [0.3, 0.4) is 0 Å². The number of amides is 1. The van der Waals surface area contributed by atoms with Gasteiger partial charge in [-0.15, -0.1) is 0 Å². The van der Waals surface area contributed by atoms with Crippen LogP contribution in [0.1, 0.15) is 18.1 Å². The third kappa shape index (κ3) is 6.79. The number of methoxy groups -OCH3 is 1. The van der Waals surface area contributed by atoms with E-state index in [-0.39, 0.29) is 17.1 Å². The van der Waals surface area contributed by atoms with E-state index in [0.717, 1.165) is 6.07 Å². The number of hydrogen-bond acceptors (Lipinski definition) is 7. The second kappa shape index (κ2) is 11.8. The highest BCUT2D eigenvalue weighted by Crippen LogP contribution is 2.40. The van der Waals surface area contributed by atoms with Crippen molar-refractivity contribution in [2.75, 3.05) is 19.0 Å². The van der Waals surface area contributed by atoms with Gasteiger partial charge in [-0.1, -0.05) is 6.07 Å². The zero-order valence-electron chi connectivity index (χ0n) is 20.0. The van der Waals surface area contributed by atoms with Gasteiger partial charge in [0, 0.05) is 11.8 Å². The molecule has 9 nitrogen and oxygen atoms in total. The summed E-state index contributed by atoms with van der Waals surface area (Å²) in [6.45, 7) is 2.33. The van der Waals surface area contributed by atoms with Crippen molar-refractivity contribution >= 4 is 23.4 Å². The summed E-state index contributed by atoms with van der Waals surface area (Å²) in [7, 11) is 1.28. The minimum Gasteiger partial charge on any atom is -0.494 e. The van der Waals surface area contributed by atoms with Gasteiger partial charge in [0.1, 0.15) is 17.4 Å². The molecule has 0 aliphatic heterocycles. The van der Waals surface area contributed by atoms with Gasteiger partial charge in [-0.2, -0.15) is 18.4 Å². The van der Waals surface area contributed by atoms with Gasteiger partial charge in [0.2, 0.25) is 5.75 Å². The fourth-order valence-electron chi connectivity index (χ4n) is 3.21. The van der Waals surface area contributed by atoms with Crippen molar-refractivity contribution in [3.8, 4) is 29.1 Å². The Morgan fingerprint density at radius 1 is 1.08 bits per heavy atom. The van der Waals surface area contributed by atoms with Crippen molar-refractivity contribution in [1.29, 1.82) is 5.26 Å². The lowest BCUT2D eigenvalue weighted by atomic mass is 10.1. The van der Waals surface area contributed by atoms with Crippen molar-refractivity contribution < 1.29 is 37.1 Å². The average Bonchev–Trinajstić information content (AvgIpc) is 2.88. The van der Waals surface area contributed by atoms with Crippen molar-refractivity contribution in [3.05, 3.63) is 87.5 Å². The number of nitrogens with zero attached hydrogens (tertiary/aromatic N) is 2. The van der Waals surface area contributed by atoms with Crippen molar-refractivity contribution in [2.45, 2.75) is 13.1 Å². The molecule has 0 unspecified atom stereocenters. The van der Waals surface area contributed by atoms with Crippen LogP contribution in [-0.2, 0) is 11.0 Å². The number of carbonyl (C=O) groups is 1. The Hall–Kier alpha value is -5.05. The summed E-state index contributed by atoms with van der Waals surface area (Å²) in [4.78, 5) is 22.9. The van der Waals surface area contributed by atoms with Crippen LogP contribution in [-0.4, -0.2) is 24.5 Å². The molecular weight excluding hydrogens is 507 g/mol. The molecule has 196 valence electrons. The van der Waals surface area contributed by atoms with Crippen LogP contribution in [0.5, 0.6) is 23.0 Å².